The Morgan fingerprint density at radius 2 is 2.33 bits per heavy atom. The number of benzene rings is 1. The number of hydrogen-bond donors (Lipinski definition) is 2. The second kappa shape index (κ2) is 2.55. The highest BCUT2D eigenvalue weighted by Gasteiger charge is 2.18. The number of nitrogens with two attached hydrogens (primary N) is 1. The van der Waals surface area contributed by atoms with E-state index < -0.39 is 0 Å². The fourth-order valence-electron chi connectivity index (χ4n) is 1.38. The van der Waals surface area contributed by atoms with Gasteiger partial charge in [-0.25, -0.2) is 0 Å². The van der Waals surface area contributed by atoms with Gasteiger partial charge in [-0.2, -0.15) is 0 Å². The summed E-state index contributed by atoms with van der Waals surface area (Å²) in [5, 5.41) is 3.26. The van der Waals surface area contributed by atoms with Crippen LogP contribution in [0.1, 0.15) is 0 Å². The van der Waals surface area contributed by atoms with E-state index in [1.807, 2.05) is 19.2 Å². The zero-order valence-corrected chi connectivity index (χ0v) is 8.35. The molecule has 1 aliphatic rings. The Balaban J connectivity index is 2.63. The summed E-state index contributed by atoms with van der Waals surface area (Å²) in [6.07, 6.45) is 0. The summed E-state index contributed by atoms with van der Waals surface area (Å²) in [7, 11) is 2.03. The Kier molecular flexibility index (Phi) is 1.65. The number of nitrogens with one attached hydrogen (secondary N) is 1. The lowest BCUT2D eigenvalue weighted by Crippen LogP contribution is -2.16. The van der Waals surface area contributed by atoms with Crippen LogP contribution in [0.15, 0.2) is 16.6 Å². The second-order valence-electron chi connectivity index (χ2n) is 2.90. The van der Waals surface area contributed by atoms with Crippen LogP contribution >= 0.6 is 15.9 Å². The van der Waals surface area contributed by atoms with Gasteiger partial charge in [0.25, 0.3) is 0 Å². The van der Waals surface area contributed by atoms with E-state index in [1.165, 1.54) is 0 Å². The van der Waals surface area contributed by atoms with Crippen LogP contribution in [0.2, 0.25) is 0 Å². The summed E-state index contributed by atoms with van der Waals surface area (Å²) in [5.74, 6) is 0. The molecule has 2 rings (SSSR count). The first-order chi connectivity index (χ1) is 5.70. The third kappa shape index (κ3) is 0.948. The minimum atomic E-state index is 0.782. The van der Waals surface area contributed by atoms with Crippen molar-refractivity contribution in [1.82, 2.24) is 0 Å². The molecule has 0 atom stereocenters. The van der Waals surface area contributed by atoms with Crippen molar-refractivity contribution in [2.24, 2.45) is 0 Å². The Hall–Kier alpha value is -0.900. The molecule has 0 aromatic heterocycles. The molecule has 0 amide bonds. The molecule has 1 heterocycles. The van der Waals surface area contributed by atoms with Crippen LogP contribution in [0.5, 0.6) is 0 Å². The Morgan fingerprint density at radius 1 is 1.58 bits per heavy atom. The summed E-state index contributed by atoms with van der Waals surface area (Å²) in [4.78, 5) is 2.12. The number of hydrogen-bond acceptors (Lipinski definition) is 3. The second-order valence-corrected chi connectivity index (χ2v) is 3.69. The van der Waals surface area contributed by atoms with Crippen molar-refractivity contribution in [2.75, 3.05) is 29.7 Å². The minimum Gasteiger partial charge on any atom is -0.398 e. The van der Waals surface area contributed by atoms with Crippen LogP contribution in [0.3, 0.4) is 0 Å². The van der Waals surface area contributed by atoms with E-state index in [0.29, 0.717) is 0 Å². The maximum absolute atomic E-state index is 5.75. The van der Waals surface area contributed by atoms with Crippen molar-refractivity contribution in [3.63, 3.8) is 0 Å². The molecule has 12 heavy (non-hydrogen) atoms. The molecule has 1 aromatic rings. The molecule has 1 aliphatic heterocycles. The van der Waals surface area contributed by atoms with E-state index in [1.54, 1.807) is 0 Å². The quantitative estimate of drug-likeness (QED) is 0.666. The summed E-state index contributed by atoms with van der Waals surface area (Å²) >= 11 is 3.46. The van der Waals surface area contributed by atoms with Crippen molar-refractivity contribution in [3.8, 4) is 0 Å². The average molecular weight is 228 g/mol. The van der Waals surface area contributed by atoms with Crippen LogP contribution in [0.25, 0.3) is 0 Å². The standard InChI is InChI=1S/C8H10BrN3/c1-12-4-11-6-3-2-5(10)7(9)8(6)12/h2-3,11H,4,10H2,1H3. The maximum atomic E-state index is 5.75. The first kappa shape index (κ1) is 7.73. The highest BCUT2D eigenvalue weighted by atomic mass is 79.9. The number of anilines is 3. The van der Waals surface area contributed by atoms with Crippen molar-refractivity contribution < 1.29 is 0 Å². The highest BCUT2D eigenvalue weighted by molar-refractivity contribution is 9.10. The Bertz CT molecular complexity index is 324. The lowest BCUT2D eigenvalue weighted by Gasteiger charge is -2.12. The van der Waals surface area contributed by atoms with Crippen molar-refractivity contribution in [1.29, 1.82) is 0 Å². The molecule has 0 saturated carbocycles. The zero-order chi connectivity index (χ0) is 8.72. The van der Waals surface area contributed by atoms with E-state index in [0.717, 1.165) is 28.2 Å². The highest BCUT2D eigenvalue weighted by Crippen LogP contribution is 2.40. The van der Waals surface area contributed by atoms with Gasteiger partial charge in [0.15, 0.2) is 0 Å². The number of nitrogen functional groups attached to an aromatic ring is 1. The van der Waals surface area contributed by atoms with Gasteiger partial charge in [0.2, 0.25) is 0 Å². The molecule has 0 fully saturated rings. The topological polar surface area (TPSA) is 41.3 Å². The van der Waals surface area contributed by atoms with Crippen molar-refractivity contribution in [3.05, 3.63) is 16.6 Å². The first-order valence-corrected chi connectivity index (χ1v) is 4.52. The van der Waals surface area contributed by atoms with Gasteiger partial charge < -0.3 is 16.0 Å². The molecular weight excluding hydrogens is 218 g/mol. The van der Waals surface area contributed by atoms with Gasteiger partial charge in [-0.15, -0.1) is 0 Å². The SMILES string of the molecule is CN1CNc2ccc(N)c(Br)c21. The number of fused-ring (bicyclic) bond motifs is 1. The number of rotatable bonds is 0. The average Bonchev–Trinajstić information content (AvgIpc) is 2.41. The molecule has 0 saturated heterocycles. The van der Waals surface area contributed by atoms with Crippen LogP contribution < -0.4 is 16.0 Å². The predicted molar refractivity (Wildman–Crippen MR) is 55.4 cm³/mol. The summed E-state index contributed by atoms with van der Waals surface area (Å²) in [6.45, 7) is 0.845. The molecular formula is C8H10BrN3. The third-order valence-corrected chi connectivity index (χ3v) is 2.87. The summed E-state index contributed by atoms with van der Waals surface area (Å²) < 4.78 is 0.979. The fourth-order valence-corrected chi connectivity index (χ4v) is 2.03. The molecule has 4 heteroatoms. The Labute approximate surface area is 79.7 Å². The molecule has 0 bridgehead atoms. The van der Waals surface area contributed by atoms with Crippen molar-refractivity contribution >= 4 is 33.0 Å². The molecule has 0 unspecified atom stereocenters. The summed E-state index contributed by atoms with van der Waals surface area (Å²) in [6, 6.07) is 3.90. The molecule has 1 aromatic carbocycles. The van der Waals surface area contributed by atoms with E-state index in [9.17, 15) is 0 Å². The van der Waals surface area contributed by atoms with Gasteiger partial charge in [-0.3, -0.25) is 0 Å². The van der Waals surface area contributed by atoms with Gasteiger partial charge in [0, 0.05) is 12.7 Å². The van der Waals surface area contributed by atoms with Gasteiger partial charge >= 0.3 is 0 Å². The van der Waals surface area contributed by atoms with Crippen molar-refractivity contribution in [2.45, 2.75) is 0 Å². The molecule has 64 valence electrons. The zero-order valence-electron chi connectivity index (χ0n) is 6.76. The van der Waals surface area contributed by atoms with E-state index in [2.05, 4.69) is 26.1 Å². The monoisotopic (exact) mass is 227 g/mol. The van der Waals surface area contributed by atoms with E-state index in [-0.39, 0.29) is 0 Å². The summed E-state index contributed by atoms with van der Waals surface area (Å²) in [5.41, 5.74) is 8.82. The van der Waals surface area contributed by atoms with Gasteiger partial charge in [0.1, 0.15) is 0 Å². The van der Waals surface area contributed by atoms with Gasteiger partial charge in [-0.05, 0) is 28.1 Å². The molecule has 3 N–H and O–H groups in total. The molecule has 0 radical (unpaired) electrons. The normalized spacial score (nSPS) is 14.3. The number of halogens is 1. The smallest absolute Gasteiger partial charge is 0.0875 e. The third-order valence-electron chi connectivity index (χ3n) is 2.03. The van der Waals surface area contributed by atoms with Crippen LogP contribution in [0.4, 0.5) is 17.1 Å². The fraction of sp³-hybridized carbons (Fsp3) is 0.250. The van der Waals surface area contributed by atoms with Gasteiger partial charge in [0.05, 0.1) is 22.5 Å². The van der Waals surface area contributed by atoms with Gasteiger partial charge in [-0.1, -0.05) is 0 Å². The van der Waals surface area contributed by atoms with Crippen LogP contribution in [0, 0.1) is 0 Å². The molecule has 0 aliphatic carbocycles. The number of nitrogens with zero attached hydrogens (tertiary/aromatic N) is 1. The van der Waals surface area contributed by atoms with E-state index in [4.69, 9.17) is 5.73 Å². The van der Waals surface area contributed by atoms with Crippen LogP contribution in [-0.4, -0.2) is 13.7 Å². The lowest BCUT2D eigenvalue weighted by atomic mass is 10.2. The Morgan fingerprint density at radius 3 is 3.08 bits per heavy atom. The minimum absolute atomic E-state index is 0.782. The molecule has 0 spiro atoms. The maximum Gasteiger partial charge on any atom is 0.0875 e. The first-order valence-electron chi connectivity index (χ1n) is 3.73. The predicted octanol–water partition coefficient (Wildman–Crippen LogP) is 1.85. The van der Waals surface area contributed by atoms with E-state index >= 15 is 0 Å². The molecule has 3 nitrogen and oxygen atoms in total. The van der Waals surface area contributed by atoms with Crippen LogP contribution in [-0.2, 0) is 0 Å². The lowest BCUT2D eigenvalue weighted by molar-refractivity contribution is 1.03. The largest absolute Gasteiger partial charge is 0.398 e.